The molecule has 1 aromatic carbocycles. The second-order valence-electron chi connectivity index (χ2n) is 6.85. The van der Waals surface area contributed by atoms with Gasteiger partial charge in [-0.05, 0) is 48.7 Å². The van der Waals surface area contributed by atoms with Crippen molar-refractivity contribution >= 4 is 45.3 Å². The highest BCUT2D eigenvalue weighted by Crippen LogP contribution is 2.34. The molecule has 0 spiro atoms. The average molecular weight is 377 g/mol. The maximum atomic E-state index is 12.1. The van der Waals surface area contributed by atoms with Crippen LogP contribution in [0.25, 0.3) is 0 Å². The second kappa shape index (κ2) is 7.54. The van der Waals surface area contributed by atoms with Crippen LogP contribution in [0.5, 0.6) is 0 Å². The molecule has 2 aromatic rings. The lowest BCUT2D eigenvalue weighted by molar-refractivity contribution is 0.0601. The van der Waals surface area contributed by atoms with E-state index in [0.717, 1.165) is 16.1 Å². The van der Waals surface area contributed by atoms with Crippen LogP contribution in [-0.2, 0) is 10.2 Å². The molecule has 0 aliphatic carbocycles. The molecule has 25 heavy (non-hydrogen) atoms. The Labute approximate surface area is 158 Å². The third kappa shape index (κ3) is 4.38. The normalized spacial score (nSPS) is 11.1. The molecule has 1 aromatic heterocycles. The number of thiophene rings is 1. The smallest absolute Gasteiger partial charge is 0.341 e. The third-order valence-corrected chi connectivity index (χ3v) is 5.31. The first-order valence-corrected chi connectivity index (χ1v) is 9.23. The van der Waals surface area contributed by atoms with Gasteiger partial charge in [0, 0.05) is 10.6 Å². The quantitative estimate of drug-likeness (QED) is 0.565. The van der Waals surface area contributed by atoms with Gasteiger partial charge >= 0.3 is 5.97 Å². The number of hydrogen-bond acceptors (Lipinski definition) is 4. The number of aryl methyl sites for hydroxylation is 1. The minimum atomic E-state index is -0.359. The first-order valence-electron chi connectivity index (χ1n) is 8.01. The van der Waals surface area contributed by atoms with Crippen molar-refractivity contribution in [1.29, 1.82) is 0 Å². The molecule has 0 unspecified atom stereocenters. The molecule has 0 fully saturated rings. The molecule has 0 radical (unpaired) electrons. The van der Waals surface area contributed by atoms with Gasteiger partial charge in [0.2, 0.25) is 0 Å². The minimum absolute atomic E-state index is 0.00745. The number of anilines is 2. The van der Waals surface area contributed by atoms with Gasteiger partial charge in [0.1, 0.15) is 5.00 Å². The molecule has 0 atom stereocenters. The van der Waals surface area contributed by atoms with Crippen LogP contribution in [0.15, 0.2) is 24.3 Å². The van der Waals surface area contributed by atoms with E-state index >= 15 is 0 Å². The largest absolute Gasteiger partial charge is 0.465 e. The number of rotatable bonds is 3. The topological polar surface area (TPSA) is 50.4 Å². The number of hydrogen-bond donors (Lipinski definition) is 2. The Hall–Kier alpha value is -1.92. The van der Waals surface area contributed by atoms with Gasteiger partial charge in [-0.2, -0.15) is 0 Å². The van der Waals surface area contributed by atoms with Gasteiger partial charge in [-0.1, -0.05) is 39.0 Å². The van der Waals surface area contributed by atoms with Crippen molar-refractivity contribution in [3.63, 3.8) is 0 Å². The molecular formula is C19H24N2O2S2. The Bertz CT molecular complexity index is 804. The average Bonchev–Trinajstić information content (AvgIpc) is 2.80. The van der Waals surface area contributed by atoms with Crippen LogP contribution < -0.4 is 10.6 Å². The number of carbonyl (C=O) groups excluding carboxylic acids is 1. The molecule has 2 N–H and O–H groups in total. The summed E-state index contributed by atoms with van der Waals surface area (Å²) in [5, 5.41) is 7.55. The van der Waals surface area contributed by atoms with Gasteiger partial charge in [0.05, 0.1) is 12.7 Å². The van der Waals surface area contributed by atoms with E-state index in [2.05, 4.69) is 37.5 Å². The van der Waals surface area contributed by atoms with Crippen LogP contribution in [-0.4, -0.2) is 18.2 Å². The lowest BCUT2D eigenvalue weighted by Gasteiger charge is -2.23. The molecular weight excluding hydrogens is 352 g/mol. The summed E-state index contributed by atoms with van der Waals surface area (Å²) in [5.41, 5.74) is 3.57. The van der Waals surface area contributed by atoms with E-state index in [9.17, 15) is 4.79 Å². The number of esters is 1. The zero-order chi connectivity index (χ0) is 18.8. The highest BCUT2D eigenvalue weighted by molar-refractivity contribution is 7.80. The fourth-order valence-electron chi connectivity index (χ4n) is 2.57. The van der Waals surface area contributed by atoms with Crippen LogP contribution in [0.4, 0.5) is 10.7 Å². The second-order valence-corrected chi connectivity index (χ2v) is 8.49. The summed E-state index contributed by atoms with van der Waals surface area (Å²) in [6.45, 7) is 10.4. The number of thiocarbonyl (C=S) groups is 1. The van der Waals surface area contributed by atoms with Gasteiger partial charge in [-0.15, -0.1) is 11.3 Å². The molecule has 4 nitrogen and oxygen atoms in total. The molecule has 0 aliphatic rings. The molecule has 0 saturated carbocycles. The van der Waals surface area contributed by atoms with Crippen molar-refractivity contribution in [2.75, 3.05) is 17.7 Å². The molecule has 134 valence electrons. The van der Waals surface area contributed by atoms with Gasteiger partial charge < -0.3 is 15.4 Å². The molecule has 0 amide bonds. The first kappa shape index (κ1) is 19.4. The van der Waals surface area contributed by atoms with Gasteiger partial charge in [0.25, 0.3) is 0 Å². The lowest BCUT2D eigenvalue weighted by atomic mass is 9.86. The Morgan fingerprint density at radius 3 is 2.40 bits per heavy atom. The maximum Gasteiger partial charge on any atom is 0.341 e. The number of methoxy groups -OCH3 is 1. The van der Waals surface area contributed by atoms with E-state index in [-0.39, 0.29) is 11.4 Å². The lowest BCUT2D eigenvalue weighted by Crippen LogP contribution is -2.23. The predicted molar refractivity (Wildman–Crippen MR) is 110 cm³/mol. The van der Waals surface area contributed by atoms with Crippen LogP contribution in [0.2, 0.25) is 0 Å². The zero-order valence-electron chi connectivity index (χ0n) is 15.4. The van der Waals surface area contributed by atoms with Crippen molar-refractivity contribution in [2.24, 2.45) is 0 Å². The third-order valence-electron chi connectivity index (χ3n) is 3.99. The van der Waals surface area contributed by atoms with Crippen LogP contribution in [0.3, 0.4) is 0 Å². The number of para-hydroxylation sites is 1. The first-order chi connectivity index (χ1) is 11.6. The fourth-order valence-corrected chi connectivity index (χ4v) is 3.90. The van der Waals surface area contributed by atoms with Crippen molar-refractivity contribution in [3.05, 3.63) is 45.8 Å². The summed E-state index contributed by atoms with van der Waals surface area (Å²) in [4.78, 5) is 13.1. The number of ether oxygens (including phenoxy) is 1. The summed E-state index contributed by atoms with van der Waals surface area (Å²) in [5.74, 6) is -0.359. The van der Waals surface area contributed by atoms with Crippen molar-refractivity contribution in [3.8, 4) is 0 Å². The Kier molecular flexibility index (Phi) is 5.85. The Balaban J connectivity index is 2.26. The molecule has 2 rings (SSSR count). The van der Waals surface area contributed by atoms with Crippen molar-refractivity contribution in [1.82, 2.24) is 0 Å². The van der Waals surface area contributed by atoms with Crippen LogP contribution in [0.1, 0.15) is 47.1 Å². The fraction of sp³-hybridized carbons (Fsp3) is 0.368. The van der Waals surface area contributed by atoms with Crippen LogP contribution in [0, 0.1) is 13.8 Å². The van der Waals surface area contributed by atoms with E-state index in [1.54, 1.807) is 0 Å². The monoisotopic (exact) mass is 376 g/mol. The highest BCUT2D eigenvalue weighted by Gasteiger charge is 2.22. The van der Waals surface area contributed by atoms with E-state index in [1.807, 2.05) is 32.0 Å². The Morgan fingerprint density at radius 2 is 1.80 bits per heavy atom. The van der Waals surface area contributed by atoms with Crippen molar-refractivity contribution in [2.45, 2.75) is 40.0 Å². The number of carbonyl (C=O) groups is 1. The summed E-state index contributed by atoms with van der Waals surface area (Å²) in [6, 6.07) is 8.08. The van der Waals surface area contributed by atoms with E-state index in [4.69, 9.17) is 17.0 Å². The van der Waals surface area contributed by atoms with Gasteiger partial charge in [-0.25, -0.2) is 4.79 Å². The van der Waals surface area contributed by atoms with E-state index in [1.165, 1.54) is 24.0 Å². The summed E-state index contributed by atoms with van der Waals surface area (Å²) < 4.78 is 4.90. The highest BCUT2D eigenvalue weighted by atomic mass is 32.1. The van der Waals surface area contributed by atoms with Crippen molar-refractivity contribution < 1.29 is 9.53 Å². The van der Waals surface area contributed by atoms with Gasteiger partial charge in [0.15, 0.2) is 5.11 Å². The number of benzene rings is 1. The SMILES string of the molecule is COC(=O)c1c(NC(=S)Nc2ccccc2C(C)(C)C)sc(C)c1C. The van der Waals surface area contributed by atoms with E-state index < -0.39 is 0 Å². The van der Waals surface area contributed by atoms with Crippen LogP contribution >= 0.6 is 23.6 Å². The minimum Gasteiger partial charge on any atom is -0.465 e. The summed E-state index contributed by atoms with van der Waals surface area (Å²) in [7, 11) is 1.38. The standard InChI is InChI=1S/C19H24N2O2S2/c1-11-12(2)25-16(15(11)17(22)23-6)21-18(24)20-14-10-8-7-9-13(14)19(3,4)5/h7-10H,1-6H3,(H2,20,21,24). The molecule has 0 aliphatic heterocycles. The molecule has 6 heteroatoms. The molecule has 0 saturated heterocycles. The molecule has 0 bridgehead atoms. The molecule has 1 heterocycles. The predicted octanol–water partition coefficient (Wildman–Crippen LogP) is 5.26. The van der Waals surface area contributed by atoms with E-state index in [0.29, 0.717) is 15.7 Å². The zero-order valence-corrected chi connectivity index (χ0v) is 17.1. The Morgan fingerprint density at radius 1 is 1.16 bits per heavy atom. The van der Waals surface area contributed by atoms with Gasteiger partial charge in [-0.3, -0.25) is 0 Å². The number of nitrogens with one attached hydrogen (secondary N) is 2. The summed E-state index contributed by atoms with van der Waals surface area (Å²) in [6.07, 6.45) is 0. The summed E-state index contributed by atoms with van der Waals surface area (Å²) >= 11 is 6.96. The maximum absolute atomic E-state index is 12.1.